The normalized spacial score (nSPS) is 13.0. The van der Waals surface area contributed by atoms with E-state index in [-0.39, 0.29) is 19.1 Å². The van der Waals surface area contributed by atoms with Crippen LogP contribution in [0.25, 0.3) is 0 Å². The Labute approximate surface area is 144 Å². The predicted molar refractivity (Wildman–Crippen MR) is 91.6 cm³/mol. The molecule has 1 rings (SSSR count). The minimum Gasteiger partial charge on any atom is -0.466 e. The van der Waals surface area contributed by atoms with E-state index in [1.54, 1.807) is 20.8 Å². The highest BCUT2D eigenvalue weighted by molar-refractivity contribution is 5.99. The van der Waals surface area contributed by atoms with Gasteiger partial charge in [0.25, 0.3) is 0 Å². The molecule has 0 amide bonds. The molecule has 0 aliphatic carbocycles. The van der Waals surface area contributed by atoms with E-state index in [9.17, 15) is 9.59 Å². The molecule has 1 aromatic rings. The maximum Gasteiger partial charge on any atom is 0.323 e. The van der Waals surface area contributed by atoms with Crippen molar-refractivity contribution in [2.45, 2.75) is 60.3 Å². The molecule has 1 aromatic heterocycles. The van der Waals surface area contributed by atoms with Gasteiger partial charge >= 0.3 is 11.9 Å². The van der Waals surface area contributed by atoms with Crippen LogP contribution in [0.3, 0.4) is 0 Å². The molecule has 24 heavy (non-hydrogen) atoms. The number of ether oxygens (including phenoxy) is 2. The highest BCUT2D eigenvalue weighted by Crippen LogP contribution is 2.36. The standard InChI is InChI=1S/C19H30O5/c1-7-22-17(20)19(6,18(21)23-8-2)12-11-15(13(3)4)16-10-9-14(5)24-16/h9-10,13,15H,7-8,11-12H2,1-6H3. The van der Waals surface area contributed by atoms with Gasteiger partial charge in [-0.15, -0.1) is 0 Å². The summed E-state index contributed by atoms with van der Waals surface area (Å²) in [5.74, 6) is 1.14. The van der Waals surface area contributed by atoms with Crippen LogP contribution in [0, 0.1) is 18.3 Å². The first kappa shape index (κ1) is 20.3. The highest BCUT2D eigenvalue weighted by atomic mass is 16.6. The second kappa shape index (κ2) is 8.90. The zero-order valence-electron chi connectivity index (χ0n) is 15.7. The number of hydrogen-bond acceptors (Lipinski definition) is 5. The smallest absolute Gasteiger partial charge is 0.323 e. The monoisotopic (exact) mass is 338 g/mol. The Morgan fingerprint density at radius 1 is 1.12 bits per heavy atom. The lowest BCUT2D eigenvalue weighted by Gasteiger charge is -2.27. The van der Waals surface area contributed by atoms with Crippen LogP contribution in [0.15, 0.2) is 16.5 Å². The summed E-state index contributed by atoms with van der Waals surface area (Å²) in [4.78, 5) is 24.7. The van der Waals surface area contributed by atoms with Crippen molar-refractivity contribution in [3.05, 3.63) is 23.7 Å². The van der Waals surface area contributed by atoms with Gasteiger partial charge in [-0.25, -0.2) is 0 Å². The number of carbonyl (C=O) groups excluding carboxylic acids is 2. The zero-order chi connectivity index (χ0) is 18.3. The fourth-order valence-electron chi connectivity index (χ4n) is 2.77. The minimum absolute atomic E-state index is 0.127. The van der Waals surface area contributed by atoms with Crippen molar-refractivity contribution in [2.75, 3.05) is 13.2 Å². The molecule has 0 aliphatic rings. The summed E-state index contributed by atoms with van der Waals surface area (Å²) in [5, 5.41) is 0. The van der Waals surface area contributed by atoms with E-state index in [1.807, 2.05) is 19.1 Å². The Kier molecular flexibility index (Phi) is 7.52. The van der Waals surface area contributed by atoms with E-state index in [4.69, 9.17) is 13.9 Å². The first-order valence-corrected chi connectivity index (χ1v) is 8.67. The molecule has 136 valence electrons. The van der Waals surface area contributed by atoms with Gasteiger partial charge in [0.05, 0.1) is 13.2 Å². The van der Waals surface area contributed by atoms with Crippen molar-refractivity contribution in [3.8, 4) is 0 Å². The van der Waals surface area contributed by atoms with E-state index in [0.29, 0.717) is 18.8 Å². The third kappa shape index (κ3) is 4.86. The van der Waals surface area contributed by atoms with E-state index in [0.717, 1.165) is 11.5 Å². The largest absolute Gasteiger partial charge is 0.466 e. The third-order valence-electron chi connectivity index (χ3n) is 4.34. The van der Waals surface area contributed by atoms with Gasteiger partial charge in [0.2, 0.25) is 0 Å². The van der Waals surface area contributed by atoms with Crippen LogP contribution >= 0.6 is 0 Å². The Morgan fingerprint density at radius 3 is 2.04 bits per heavy atom. The van der Waals surface area contributed by atoms with Gasteiger partial charge in [-0.2, -0.15) is 0 Å². The first-order valence-electron chi connectivity index (χ1n) is 8.67. The maximum atomic E-state index is 12.4. The fourth-order valence-corrected chi connectivity index (χ4v) is 2.77. The van der Waals surface area contributed by atoms with Gasteiger partial charge in [-0.05, 0) is 58.6 Å². The average molecular weight is 338 g/mol. The average Bonchev–Trinajstić information content (AvgIpc) is 2.93. The van der Waals surface area contributed by atoms with Crippen molar-refractivity contribution < 1.29 is 23.5 Å². The molecule has 0 aromatic carbocycles. The van der Waals surface area contributed by atoms with Crippen LogP contribution < -0.4 is 0 Å². The summed E-state index contributed by atoms with van der Waals surface area (Å²) in [6.07, 6.45) is 0.992. The molecule has 0 spiro atoms. The molecule has 1 unspecified atom stereocenters. The molecule has 0 radical (unpaired) electrons. The van der Waals surface area contributed by atoms with Crippen molar-refractivity contribution in [1.82, 2.24) is 0 Å². The Hall–Kier alpha value is -1.78. The molecule has 0 saturated heterocycles. The number of rotatable bonds is 9. The SMILES string of the molecule is CCOC(=O)C(C)(CCC(c1ccc(C)o1)C(C)C)C(=O)OCC. The molecule has 0 fully saturated rings. The lowest BCUT2D eigenvalue weighted by atomic mass is 9.79. The quantitative estimate of drug-likeness (QED) is 0.498. The number of esters is 2. The Morgan fingerprint density at radius 2 is 1.67 bits per heavy atom. The molecule has 1 atom stereocenters. The van der Waals surface area contributed by atoms with Crippen molar-refractivity contribution in [2.24, 2.45) is 11.3 Å². The summed E-state index contributed by atoms with van der Waals surface area (Å²) in [6.45, 7) is 11.6. The molecular weight excluding hydrogens is 308 g/mol. The molecule has 1 heterocycles. The van der Waals surface area contributed by atoms with Crippen LogP contribution in [0.4, 0.5) is 0 Å². The van der Waals surface area contributed by atoms with Crippen LogP contribution in [0.2, 0.25) is 0 Å². The van der Waals surface area contributed by atoms with E-state index in [1.165, 1.54) is 0 Å². The van der Waals surface area contributed by atoms with Gasteiger partial charge in [0.15, 0.2) is 5.41 Å². The fraction of sp³-hybridized carbons (Fsp3) is 0.684. The van der Waals surface area contributed by atoms with Gasteiger partial charge in [0, 0.05) is 5.92 Å². The summed E-state index contributed by atoms with van der Waals surface area (Å²) in [7, 11) is 0. The first-order chi connectivity index (χ1) is 11.3. The van der Waals surface area contributed by atoms with Gasteiger partial charge in [-0.1, -0.05) is 13.8 Å². The zero-order valence-corrected chi connectivity index (χ0v) is 15.7. The Bertz CT molecular complexity index is 526. The second-order valence-electron chi connectivity index (χ2n) is 6.61. The summed E-state index contributed by atoms with van der Waals surface area (Å²) in [6, 6.07) is 3.90. The number of aryl methyl sites for hydroxylation is 1. The molecule has 0 N–H and O–H groups in total. The molecule has 5 nitrogen and oxygen atoms in total. The van der Waals surface area contributed by atoms with Gasteiger partial charge < -0.3 is 13.9 Å². The van der Waals surface area contributed by atoms with E-state index >= 15 is 0 Å². The molecular formula is C19H30O5. The van der Waals surface area contributed by atoms with Crippen molar-refractivity contribution >= 4 is 11.9 Å². The molecule has 0 aliphatic heterocycles. The highest BCUT2D eigenvalue weighted by Gasteiger charge is 2.44. The van der Waals surface area contributed by atoms with Crippen molar-refractivity contribution in [3.63, 3.8) is 0 Å². The van der Waals surface area contributed by atoms with Crippen LogP contribution in [0.1, 0.15) is 64.9 Å². The maximum absolute atomic E-state index is 12.4. The lowest BCUT2D eigenvalue weighted by molar-refractivity contribution is -0.171. The summed E-state index contributed by atoms with van der Waals surface area (Å²) in [5.41, 5.74) is -1.29. The van der Waals surface area contributed by atoms with Crippen molar-refractivity contribution in [1.29, 1.82) is 0 Å². The number of furan rings is 1. The topological polar surface area (TPSA) is 65.7 Å². The lowest BCUT2D eigenvalue weighted by Crippen LogP contribution is -2.40. The minimum atomic E-state index is -1.29. The van der Waals surface area contributed by atoms with Crippen LogP contribution in [0.5, 0.6) is 0 Å². The second-order valence-corrected chi connectivity index (χ2v) is 6.61. The van der Waals surface area contributed by atoms with Gasteiger partial charge in [0.1, 0.15) is 11.5 Å². The predicted octanol–water partition coefficient (Wildman–Crippen LogP) is 4.24. The third-order valence-corrected chi connectivity index (χ3v) is 4.34. The molecule has 5 heteroatoms. The molecule has 0 bridgehead atoms. The van der Waals surface area contributed by atoms with E-state index in [2.05, 4.69) is 13.8 Å². The van der Waals surface area contributed by atoms with Gasteiger partial charge in [-0.3, -0.25) is 9.59 Å². The Balaban J connectivity index is 2.96. The molecule has 0 saturated carbocycles. The van der Waals surface area contributed by atoms with E-state index < -0.39 is 17.4 Å². The number of hydrogen-bond donors (Lipinski definition) is 0. The summed E-state index contributed by atoms with van der Waals surface area (Å²) >= 11 is 0. The van der Waals surface area contributed by atoms with Crippen LogP contribution in [-0.4, -0.2) is 25.2 Å². The summed E-state index contributed by atoms with van der Waals surface area (Å²) < 4.78 is 16.0. The number of carbonyl (C=O) groups is 2. The van der Waals surface area contributed by atoms with Crippen LogP contribution in [-0.2, 0) is 19.1 Å².